The molecule has 0 aliphatic rings. The molecule has 5 nitrogen and oxygen atoms in total. The summed E-state index contributed by atoms with van der Waals surface area (Å²) in [6, 6.07) is 6.21. The summed E-state index contributed by atoms with van der Waals surface area (Å²) >= 11 is 0. The number of hydrogen-bond donors (Lipinski definition) is 1. The van der Waals surface area contributed by atoms with Crippen LogP contribution in [0.1, 0.15) is 13.3 Å². The van der Waals surface area contributed by atoms with Gasteiger partial charge in [-0.15, -0.1) is 0 Å². The van der Waals surface area contributed by atoms with Gasteiger partial charge in [-0.2, -0.15) is 5.10 Å². The molecule has 0 fully saturated rings. The Morgan fingerprint density at radius 1 is 1.64 bits per heavy atom. The number of nitrogens with zero attached hydrogens (tertiary/aromatic N) is 2. The van der Waals surface area contributed by atoms with Crippen LogP contribution in [0.3, 0.4) is 0 Å². The van der Waals surface area contributed by atoms with Crippen molar-refractivity contribution >= 4 is 17.6 Å². The van der Waals surface area contributed by atoms with E-state index >= 15 is 0 Å². The summed E-state index contributed by atoms with van der Waals surface area (Å²) in [6.45, 7) is 1.96. The Kier molecular flexibility index (Phi) is 3.60. The second kappa shape index (κ2) is 4.96. The normalized spacial score (nSPS) is 10.4. The average molecular weight is 193 g/mol. The lowest BCUT2D eigenvalue weighted by Crippen LogP contribution is -1.91. The van der Waals surface area contributed by atoms with Crippen LogP contribution in [-0.4, -0.2) is 11.1 Å². The SMILES string of the molecule is CCC=NNc1cccc([N+](=O)[O-])c1. The third-order valence-corrected chi connectivity index (χ3v) is 1.52. The third kappa shape index (κ3) is 2.85. The van der Waals surface area contributed by atoms with Crippen molar-refractivity contribution in [1.29, 1.82) is 0 Å². The standard InChI is InChI=1S/C9H11N3O2/c1-2-6-10-11-8-4-3-5-9(7-8)12(13)14/h3-7,11H,2H2,1H3. The van der Waals surface area contributed by atoms with Crippen molar-refractivity contribution in [3.8, 4) is 0 Å². The van der Waals surface area contributed by atoms with E-state index in [1.165, 1.54) is 12.1 Å². The zero-order valence-corrected chi connectivity index (χ0v) is 7.80. The molecule has 1 aromatic carbocycles. The molecule has 1 rings (SSSR count). The Morgan fingerprint density at radius 3 is 3.07 bits per heavy atom. The predicted molar refractivity (Wildman–Crippen MR) is 55.5 cm³/mol. The molecule has 1 aromatic rings. The van der Waals surface area contributed by atoms with Gasteiger partial charge in [-0.05, 0) is 12.5 Å². The maximum Gasteiger partial charge on any atom is 0.271 e. The zero-order chi connectivity index (χ0) is 10.4. The van der Waals surface area contributed by atoms with Crippen LogP contribution in [0.4, 0.5) is 11.4 Å². The lowest BCUT2D eigenvalue weighted by molar-refractivity contribution is -0.384. The summed E-state index contributed by atoms with van der Waals surface area (Å²) in [4.78, 5) is 9.99. The Bertz CT molecular complexity index is 350. The number of hydrazone groups is 1. The summed E-state index contributed by atoms with van der Waals surface area (Å²) < 4.78 is 0. The van der Waals surface area contributed by atoms with Crippen molar-refractivity contribution in [2.75, 3.05) is 5.43 Å². The smallest absolute Gasteiger partial charge is 0.271 e. The first-order valence-corrected chi connectivity index (χ1v) is 4.26. The molecule has 0 aliphatic heterocycles. The molecule has 14 heavy (non-hydrogen) atoms. The predicted octanol–water partition coefficient (Wildman–Crippen LogP) is 2.40. The van der Waals surface area contributed by atoms with Crippen LogP contribution in [0.25, 0.3) is 0 Å². The highest BCUT2D eigenvalue weighted by atomic mass is 16.6. The minimum atomic E-state index is -0.436. The molecule has 0 atom stereocenters. The van der Waals surface area contributed by atoms with Crippen molar-refractivity contribution in [1.82, 2.24) is 0 Å². The van der Waals surface area contributed by atoms with E-state index in [0.29, 0.717) is 5.69 Å². The van der Waals surface area contributed by atoms with Crippen molar-refractivity contribution in [2.24, 2.45) is 5.10 Å². The highest BCUT2D eigenvalue weighted by Gasteiger charge is 2.04. The second-order valence-electron chi connectivity index (χ2n) is 2.64. The summed E-state index contributed by atoms with van der Waals surface area (Å²) in [5.74, 6) is 0. The average Bonchev–Trinajstić information content (AvgIpc) is 2.19. The van der Waals surface area contributed by atoms with E-state index in [0.717, 1.165) is 6.42 Å². The van der Waals surface area contributed by atoms with E-state index in [1.807, 2.05) is 6.92 Å². The largest absolute Gasteiger partial charge is 0.279 e. The van der Waals surface area contributed by atoms with Crippen molar-refractivity contribution in [3.05, 3.63) is 34.4 Å². The molecule has 0 saturated heterocycles. The number of anilines is 1. The highest BCUT2D eigenvalue weighted by molar-refractivity contribution is 5.59. The third-order valence-electron chi connectivity index (χ3n) is 1.52. The van der Waals surface area contributed by atoms with E-state index in [9.17, 15) is 10.1 Å². The van der Waals surface area contributed by atoms with Gasteiger partial charge in [0.2, 0.25) is 0 Å². The van der Waals surface area contributed by atoms with E-state index in [2.05, 4.69) is 10.5 Å². The Hall–Kier alpha value is -1.91. The molecule has 0 aliphatic carbocycles. The maximum atomic E-state index is 10.4. The van der Waals surface area contributed by atoms with Crippen LogP contribution in [0.5, 0.6) is 0 Å². The van der Waals surface area contributed by atoms with E-state index in [-0.39, 0.29) is 5.69 Å². The summed E-state index contributed by atoms with van der Waals surface area (Å²) in [5.41, 5.74) is 3.38. The van der Waals surface area contributed by atoms with Gasteiger partial charge in [-0.3, -0.25) is 15.5 Å². The van der Waals surface area contributed by atoms with Gasteiger partial charge in [0.25, 0.3) is 5.69 Å². The van der Waals surface area contributed by atoms with Gasteiger partial charge in [0, 0.05) is 18.3 Å². The minimum absolute atomic E-state index is 0.0571. The molecule has 0 unspecified atom stereocenters. The molecule has 0 radical (unpaired) electrons. The van der Waals surface area contributed by atoms with E-state index < -0.39 is 4.92 Å². The fourth-order valence-corrected chi connectivity index (χ4v) is 0.900. The first-order valence-electron chi connectivity index (χ1n) is 4.26. The quantitative estimate of drug-likeness (QED) is 0.453. The van der Waals surface area contributed by atoms with Gasteiger partial charge in [-0.1, -0.05) is 13.0 Å². The van der Waals surface area contributed by atoms with Crippen LogP contribution in [0.2, 0.25) is 0 Å². The second-order valence-corrected chi connectivity index (χ2v) is 2.64. The van der Waals surface area contributed by atoms with Crippen LogP contribution in [-0.2, 0) is 0 Å². The Balaban J connectivity index is 2.73. The molecule has 5 heteroatoms. The van der Waals surface area contributed by atoms with Crippen molar-refractivity contribution in [2.45, 2.75) is 13.3 Å². The van der Waals surface area contributed by atoms with Crippen LogP contribution >= 0.6 is 0 Å². The van der Waals surface area contributed by atoms with Crippen LogP contribution in [0, 0.1) is 10.1 Å². The van der Waals surface area contributed by atoms with Gasteiger partial charge in [0.1, 0.15) is 0 Å². The monoisotopic (exact) mass is 193 g/mol. The lowest BCUT2D eigenvalue weighted by atomic mass is 10.3. The highest BCUT2D eigenvalue weighted by Crippen LogP contribution is 2.16. The number of benzene rings is 1. The fraction of sp³-hybridized carbons (Fsp3) is 0.222. The molecular weight excluding hydrogens is 182 g/mol. The van der Waals surface area contributed by atoms with Crippen molar-refractivity contribution < 1.29 is 4.92 Å². The molecule has 1 N–H and O–H groups in total. The first-order chi connectivity index (χ1) is 6.74. The van der Waals surface area contributed by atoms with Gasteiger partial charge in [-0.25, -0.2) is 0 Å². The number of nitro groups is 1. The number of nitrogens with one attached hydrogen (secondary N) is 1. The fourth-order valence-electron chi connectivity index (χ4n) is 0.900. The topological polar surface area (TPSA) is 67.5 Å². The molecule has 0 spiro atoms. The molecule has 0 amide bonds. The zero-order valence-electron chi connectivity index (χ0n) is 7.80. The number of hydrogen-bond acceptors (Lipinski definition) is 4. The van der Waals surface area contributed by atoms with Crippen LogP contribution < -0.4 is 5.43 Å². The van der Waals surface area contributed by atoms with Crippen molar-refractivity contribution in [3.63, 3.8) is 0 Å². The Labute approximate surface area is 81.6 Å². The van der Waals surface area contributed by atoms with Gasteiger partial charge >= 0.3 is 0 Å². The maximum absolute atomic E-state index is 10.4. The summed E-state index contributed by atoms with van der Waals surface area (Å²) in [5, 5.41) is 14.3. The Morgan fingerprint density at radius 2 is 2.43 bits per heavy atom. The first kappa shape index (κ1) is 10.2. The molecule has 0 aromatic heterocycles. The molecule has 0 heterocycles. The lowest BCUT2D eigenvalue weighted by Gasteiger charge is -1.98. The molecule has 74 valence electrons. The number of nitro benzene ring substituents is 1. The summed E-state index contributed by atoms with van der Waals surface area (Å²) in [6.07, 6.45) is 2.51. The van der Waals surface area contributed by atoms with Gasteiger partial charge in [0.05, 0.1) is 10.6 Å². The molecule has 0 bridgehead atoms. The van der Waals surface area contributed by atoms with Crippen LogP contribution in [0.15, 0.2) is 29.4 Å². The number of rotatable bonds is 4. The number of non-ortho nitro benzene ring substituents is 1. The van der Waals surface area contributed by atoms with E-state index in [4.69, 9.17) is 0 Å². The molecule has 0 saturated carbocycles. The summed E-state index contributed by atoms with van der Waals surface area (Å²) in [7, 11) is 0. The minimum Gasteiger partial charge on any atom is -0.279 e. The molecular formula is C9H11N3O2. The van der Waals surface area contributed by atoms with E-state index in [1.54, 1.807) is 18.3 Å². The van der Waals surface area contributed by atoms with Gasteiger partial charge in [0.15, 0.2) is 0 Å². The van der Waals surface area contributed by atoms with Gasteiger partial charge < -0.3 is 0 Å².